The van der Waals surface area contributed by atoms with E-state index in [0.29, 0.717) is 31.1 Å². The molecule has 0 aliphatic carbocycles. The Morgan fingerprint density at radius 2 is 1.88 bits per heavy atom. The maximum Gasteiger partial charge on any atom is 0.376 e. The smallest absolute Gasteiger partial charge is 0.364 e. The van der Waals surface area contributed by atoms with Gasteiger partial charge in [-0.05, 0) is 24.6 Å². The third-order valence-corrected chi connectivity index (χ3v) is 3.39. The van der Waals surface area contributed by atoms with Crippen LogP contribution in [0.4, 0.5) is 17.5 Å². The summed E-state index contributed by atoms with van der Waals surface area (Å²) in [5, 5.41) is 17.1. The first-order chi connectivity index (χ1) is 12.2. The molecule has 0 amide bonds. The molecule has 3 aromatic rings. The molecular formula is C15H15N7O3. The van der Waals surface area contributed by atoms with Crippen LogP contribution in [0.3, 0.4) is 0 Å². The summed E-state index contributed by atoms with van der Waals surface area (Å²) in [6.45, 7) is 0.966. The molecule has 0 aromatic carbocycles. The molecule has 0 aliphatic heterocycles. The molecule has 0 spiro atoms. The number of nitro groups is 1. The molecule has 10 heteroatoms. The van der Waals surface area contributed by atoms with Gasteiger partial charge in [0.15, 0.2) is 0 Å². The molecule has 128 valence electrons. The minimum atomic E-state index is -0.715. The predicted molar refractivity (Wildman–Crippen MR) is 91.7 cm³/mol. The summed E-state index contributed by atoms with van der Waals surface area (Å²) in [5.41, 5.74) is -0.937. The highest BCUT2D eigenvalue weighted by Gasteiger charge is 2.22. The van der Waals surface area contributed by atoms with Gasteiger partial charge in [-0.2, -0.15) is 0 Å². The molecule has 0 radical (unpaired) electrons. The number of fused-ring (bicyclic) bond motifs is 1. The number of nitrogens with one attached hydrogen (secondary N) is 2. The Hall–Kier alpha value is -3.56. The molecule has 3 aromatic heterocycles. The van der Waals surface area contributed by atoms with Crippen molar-refractivity contribution in [2.75, 3.05) is 23.7 Å². The number of aromatic nitrogens is 4. The Balaban J connectivity index is 1.69. The predicted octanol–water partition coefficient (Wildman–Crippen LogP) is 1.31. The van der Waals surface area contributed by atoms with Crippen LogP contribution in [0.25, 0.3) is 5.65 Å². The normalized spacial score (nSPS) is 10.6. The molecule has 0 fully saturated rings. The van der Waals surface area contributed by atoms with Crippen molar-refractivity contribution in [2.24, 2.45) is 0 Å². The van der Waals surface area contributed by atoms with Gasteiger partial charge in [0.25, 0.3) is 0 Å². The lowest BCUT2D eigenvalue weighted by Gasteiger charge is -2.08. The fourth-order valence-corrected chi connectivity index (χ4v) is 2.25. The van der Waals surface area contributed by atoms with Crippen LogP contribution in [-0.4, -0.2) is 37.4 Å². The van der Waals surface area contributed by atoms with Crippen molar-refractivity contribution in [1.82, 2.24) is 19.4 Å². The van der Waals surface area contributed by atoms with Crippen LogP contribution >= 0.6 is 0 Å². The Morgan fingerprint density at radius 3 is 2.64 bits per heavy atom. The Bertz CT molecular complexity index is 943. The van der Waals surface area contributed by atoms with Crippen molar-refractivity contribution >= 4 is 23.1 Å². The topological polar surface area (TPSA) is 127 Å². The summed E-state index contributed by atoms with van der Waals surface area (Å²) in [6.07, 6.45) is 5.34. The van der Waals surface area contributed by atoms with E-state index in [0.717, 1.165) is 4.40 Å². The molecule has 25 heavy (non-hydrogen) atoms. The second kappa shape index (κ2) is 7.34. The van der Waals surface area contributed by atoms with Crippen LogP contribution in [-0.2, 0) is 0 Å². The van der Waals surface area contributed by atoms with Gasteiger partial charge in [-0.25, -0.2) is 15.0 Å². The van der Waals surface area contributed by atoms with Crippen molar-refractivity contribution in [3.63, 3.8) is 0 Å². The Morgan fingerprint density at radius 1 is 1.12 bits per heavy atom. The molecule has 0 saturated heterocycles. The maximum absolute atomic E-state index is 12.3. The van der Waals surface area contributed by atoms with Crippen molar-refractivity contribution in [3.8, 4) is 0 Å². The lowest BCUT2D eigenvalue weighted by Crippen LogP contribution is -2.22. The summed E-state index contributed by atoms with van der Waals surface area (Å²) in [5.74, 6) is 0.479. The zero-order valence-corrected chi connectivity index (χ0v) is 13.1. The fraction of sp³-hybridized carbons (Fsp3) is 0.200. The van der Waals surface area contributed by atoms with E-state index in [4.69, 9.17) is 0 Å². The molecule has 0 aliphatic rings. The lowest BCUT2D eigenvalue weighted by atomic mass is 10.3. The zero-order chi connectivity index (χ0) is 17.6. The van der Waals surface area contributed by atoms with Gasteiger partial charge in [-0.3, -0.25) is 19.3 Å². The number of anilines is 2. The van der Waals surface area contributed by atoms with Crippen molar-refractivity contribution < 1.29 is 4.92 Å². The molecule has 0 saturated carbocycles. The summed E-state index contributed by atoms with van der Waals surface area (Å²) in [4.78, 5) is 35.0. The van der Waals surface area contributed by atoms with Gasteiger partial charge < -0.3 is 10.6 Å². The fourth-order valence-electron chi connectivity index (χ4n) is 2.25. The molecule has 0 bridgehead atoms. The van der Waals surface area contributed by atoms with E-state index in [1.807, 2.05) is 0 Å². The quantitative estimate of drug-likeness (QED) is 0.374. The maximum atomic E-state index is 12.3. The van der Waals surface area contributed by atoms with Crippen LogP contribution in [0.5, 0.6) is 0 Å². The van der Waals surface area contributed by atoms with Gasteiger partial charge in [0.1, 0.15) is 5.65 Å². The van der Waals surface area contributed by atoms with Crippen LogP contribution in [0, 0.1) is 10.1 Å². The molecule has 2 N–H and O–H groups in total. The SMILES string of the molecule is O=c1c([N+](=O)[O-])c(NCCCNc2ncccn2)nc2ccccn12. The molecule has 0 atom stereocenters. The highest BCUT2D eigenvalue weighted by molar-refractivity contribution is 5.59. The number of rotatable bonds is 7. The van der Waals surface area contributed by atoms with E-state index in [9.17, 15) is 14.9 Å². The minimum absolute atomic E-state index is 0.0304. The van der Waals surface area contributed by atoms with Gasteiger partial charge >= 0.3 is 11.2 Å². The minimum Gasteiger partial charge on any atom is -0.364 e. The third-order valence-electron chi connectivity index (χ3n) is 3.39. The third kappa shape index (κ3) is 3.68. The molecule has 3 rings (SSSR count). The molecule has 0 unspecified atom stereocenters. The van der Waals surface area contributed by atoms with Crippen LogP contribution in [0.1, 0.15) is 6.42 Å². The van der Waals surface area contributed by atoms with Crippen molar-refractivity contribution in [1.29, 1.82) is 0 Å². The Kier molecular flexibility index (Phi) is 4.79. The molecule has 10 nitrogen and oxygen atoms in total. The standard InChI is InChI=1S/C15H15N7O3/c23-14-12(22(24)25)13(20-11-5-1-2-10-21(11)14)16-6-3-7-17-15-18-8-4-9-19-15/h1-2,4-5,8-10,16H,3,6-7H2,(H,17,18,19). The highest BCUT2D eigenvalue weighted by Crippen LogP contribution is 2.17. The number of hydrogen-bond donors (Lipinski definition) is 2. The molecular weight excluding hydrogens is 326 g/mol. The zero-order valence-electron chi connectivity index (χ0n) is 13.1. The van der Waals surface area contributed by atoms with E-state index in [-0.39, 0.29) is 5.82 Å². The number of hydrogen-bond acceptors (Lipinski definition) is 8. The average Bonchev–Trinajstić information content (AvgIpc) is 2.62. The van der Waals surface area contributed by atoms with Crippen LogP contribution < -0.4 is 16.2 Å². The van der Waals surface area contributed by atoms with Crippen LogP contribution in [0.15, 0.2) is 47.7 Å². The van der Waals surface area contributed by atoms with Crippen molar-refractivity contribution in [3.05, 3.63) is 63.3 Å². The van der Waals surface area contributed by atoms with Gasteiger partial charge in [0, 0.05) is 31.7 Å². The van der Waals surface area contributed by atoms with E-state index in [1.165, 1.54) is 6.20 Å². The summed E-state index contributed by atoms with van der Waals surface area (Å²) >= 11 is 0. The van der Waals surface area contributed by atoms with Gasteiger partial charge in [-0.1, -0.05) is 6.07 Å². The van der Waals surface area contributed by atoms with Gasteiger partial charge in [0.2, 0.25) is 11.8 Å². The monoisotopic (exact) mass is 341 g/mol. The second-order valence-corrected chi connectivity index (χ2v) is 5.08. The number of pyridine rings is 1. The summed E-state index contributed by atoms with van der Waals surface area (Å²) in [6, 6.07) is 6.66. The second-order valence-electron chi connectivity index (χ2n) is 5.08. The lowest BCUT2D eigenvalue weighted by molar-refractivity contribution is -0.385. The van der Waals surface area contributed by atoms with Crippen molar-refractivity contribution in [2.45, 2.75) is 6.42 Å². The summed E-state index contributed by atoms with van der Waals surface area (Å²) < 4.78 is 1.15. The average molecular weight is 341 g/mol. The van der Waals surface area contributed by atoms with E-state index in [2.05, 4.69) is 25.6 Å². The molecule has 3 heterocycles. The van der Waals surface area contributed by atoms with E-state index < -0.39 is 16.2 Å². The van der Waals surface area contributed by atoms with Gasteiger partial charge in [0.05, 0.1) is 4.92 Å². The van der Waals surface area contributed by atoms with E-state index in [1.54, 1.807) is 36.7 Å². The first kappa shape index (κ1) is 16.3. The number of nitrogens with zero attached hydrogens (tertiary/aromatic N) is 5. The Labute approximate surface area is 141 Å². The van der Waals surface area contributed by atoms with Crippen LogP contribution in [0.2, 0.25) is 0 Å². The summed E-state index contributed by atoms with van der Waals surface area (Å²) in [7, 11) is 0. The van der Waals surface area contributed by atoms with Gasteiger partial charge in [-0.15, -0.1) is 0 Å². The first-order valence-corrected chi connectivity index (χ1v) is 7.57. The van der Waals surface area contributed by atoms with E-state index >= 15 is 0 Å². The largest absolute Gasteiger partial charge is 0.376 e. The first-order valence-electron chi connectivity index (χ1n) is 7.57. The highest BCUT2D eigenvalue weighted by atomic mass is 16.6.